The van der Waals surface area contributed by atoms with Gasteiger partial charge in [0.25, 0.3) is 0 Å². The van der Waals surface area contributed by atoms with Gasteiger partial charge >= 0.3 is 5.97 Å². The van der Waals surface area contributed by atoms with E-state index in [1.54, 1.807) is 11.6 Å². The van der Waals surface area contributed by atoms with Gasteiger partial charge < -0.3 is 9.84 Å². The van der Waals surface area contributed by atoms with Gasteiger partial charge in [-0.15, -0.1) is 0 Å². The summed E-state index contributed by atoms with van der Waals surface area (Å²) < 4.78 is 6.58. The van der Waals surface area contributed by atoms with Crippen molar-refractivity contribution < 1.29 is 14.6 Å². The quantitative estimate of drug-likeness (QED) is 0.847. The van der Waals surface area contributed by atoms with Crippen molar-refractivity contribution in [3.63, 3.8) is 0 Å². The fourth-order valence-electron chi connectivity index (χ4n) is 2.16. The fraction of sp³-hybridized carbons (Fsp3) is 0.667. The lowest BCUT2D eigenvalue weighted by molar-refractivity contribution is -0.150. The average Bonchev–Trinajstić information content (AvgIpc) is 2.54. The number of hydrogen-bond donors (Lipinski definition) is 1. The van der Waals surface area contributed by atoms with Crippen LogP contribution in [0.3, 0.4) is 0 Å². The van der Waals surface area contributed by atoms with Crippen LogP contribution in [0.4, 0.5) is 0 Å². The SMILES string of the molecule is CCc1c(C)nn(C(C)(COC)C(=O)O)c1C. The monoisotopic (exact) mass is 240 g/mol. The molecule has 0 aromatic carbocycles. The Hall–Kier alpha value is -1.36. The molecule has 0 radical (unpaired) electrons. The number of rotatable bonds is 5. The molecule has 5 nitrogen and oxygen atoms in total. The molecular weight excluding hydrogens is 220 g/mol. The second kappa shape index (κ2) is 4.87. The van der Waals surface area contributed by atoms with Gasteiger partial charge in [0.15, 0.2) is 5.54 Å². The van der Waals surface area contributed by atoms with E-state index in [-0.39, 0.29) is 6.61 Å². The Bertz CT molecular complexity index is 426. The molecule has 0 bridgehead atoms. The highest BCUT2D eigenvalue weighted by Crippen LogP contribution is 2.23. The van der Waals surface area contributed by atoms with Gasteiger partial charge in [-0.3, -0.25) is 0 Å². The predicted octanol–water partition coefficient (Wildman–Crippen LogP) is 1.51. The number of hydrogen-bond acceptors (Lipinski definition) is 3. The highest BCUT2D eigenvalue weighted by Gasteiger charge is 2.38. The molecule has 1 atom stereocenters. The Balaban J connectivity index is 3.34. The van der Waals surface area contributed by atoms with Crippen molar-refractivity contribution in [2.75, 3.05) is 13.7 Å². The van der Waals surface area contributed by atoms with Crippen LogP contribution in [0.2, 0.25) is 0 Å². The van der Waals surface area contributed by atoms with Crippen molar-refractivity contribution in [2.45, 2.75) is 39.7 Å². The molecule has 1 N–H and O–H groups in total. The minimum absolute atomic E-state index is 0.0907. The second-order valence-electron chi connectivity index (χ2n) is 4.43. The van der Waals surface area contributed by atoms with Crippen LogP contribution >= 0.6 is 0 Å². The topological polar surface area (TPSA) is 64.4 Å². The molecular formula is C12H20N2O3. The van der Waals surface area contributed by atoms with Gasteiger partial charge in [0.1, 0.15) is 0 Å². The number of carboxylic acid groups (broad SMARTS) is 1. The highest BCUT2D eigenvalue weighted by molar-refractivity contribution is 5.76. The third-order valence-corrected chi connectivity index (χ3v) is 3.15. The van der Waals surface area contributed by atoms with Crippen LogP contribution < -0.4 is 0 Å². The van der Waals surface area contributed by atoms with Crippen molar-refractivity contribution in [3.05, 3.63) is 17.0 Å². The molecule has 1 aromatic rings. The summed E-state index contributed by atoms with van der Waals surface area (Å²) in [5, 5.41) is 13.7. The summed E-state index contributed by atoms with van der Waals surface area (Å²) in [6.45, 7) is 7.55. The number of nitrogens with zero attached hydrogens (tertiary/aromatic N) is 2. The number of methoxy groups -OCH3 is 1. The zero-order valence-electron chi connectivity index (χ0n) is 11.1. The van der Waals surface area contributed by atoms with E-state index in [1.807, 2.05) is 20.8 Å². The molecule has 0 saturated carbocycles. The van der Waals surface area contributed by atoms with Crippen molar-refractivity contribution >= 4 is 5.97 Å². The Morgan fingerprint density at radius 1 is 1.53 bits per heavy atom. The van der Waals surface area contributed by atoms with Crippen LogP contribution in [0, 0.1) is 13.8 Å². The summed E-state index contributed by atoms with van der Waals surface area (Å²) in [4.78, 5) is 11.4. The predicted molar refractivity (Wildman–Crippen MR) is 64.2 cm³/mol. The Kier molecular flexibility index (Phi) is 3.93. The summed E-state index contributed by atoms with van der Waals surface area (Å²) >= 11 is 0. The molecule has 96 valence electrons. The normalized spacial score (nSPS) is 14.6. The second-order valence-corrected chi connectivity index (χ2v) is 4.43. The first-order valence-electron chi connectivity index (χ1n) is 5.66. The van der Waals surface area contributed by atoms with Crippen molar-refractivity contribution in [1.82, 2.24) is 9.78 Å². The summed E-state index contributed by atoms with van der Waals surface area (Å²) in [5.74, 6) is -0.937. The average molecular weight is 240 g/mol. The number of aliphatic carboxylic acids is 1. The van der Waals surface area contributed by atoms with Gasteiger partial charge in [-0.1, -0.05) is 6.92 Å². The highest BCUT2D eigenvalue weighted by atomic mass is 16.5. The minimum atomic E-state index is -1.16. The van der Waals surface area contributed by atoms with E-state index < -0.39 is 11.5 Å². The van der Waals surface area contributed by atoms with Crippen molar-refractivity contribution in [3.8, 4) is 0 Å². The molecule has 0 aliphatic rings. The first-order chi connectivity index (χ1) is 7.88. The van der Waals surface area contributed by atoms with Crippen LogP contribution in [0.5, 0.6) is 0 Å². The maximum absolute atomic E-state index is 11.4. The minimum Gasteiger partial charge on any atom is -0.479 e. The van der Waals surface area contributed by atoms with Gasteiger partial charge in [-0.25, -0.2) is 9.48 Å². The molecule has 0 saturated heterocycles. The van der Waals surface area contributed by atoms with Crippen molar-refractivity contribution in [1.29, 1.82) is 0 Å². The molecule has 1 rings (SSSR count). The third kappa shape index (κ3) is 2.20. The van der Waals surface area contributed by atoms with Crippen LogP contribution in [-0.4, -0.2) is 34.6 Å². The first-order valence-corrected chi connectivity index (χ1v) is 5.66. The van der Waals surface area contributed by atoms with Crippen LogP contribution in [0.15, 0.2) is 0 Å². The number of carbonyl (C=O) groups is 1. The van der Waals surface area contributed by atoms with E-state index in [0.717, 1.165) is 23.4 Å². The van der Waals surface area contributed by atoms with E-state index in [9.17, 15) is 9.90 Å². The van der Waals surface area contributed by atoms with Gasteiger partial charge in [-0.2, -0.15) is 5.10 Å². The van der Waals surface area contributed by atoms with E-state index in [1.165, 1.54) is 7.11 Å². The van der Waals surface area contributed by atoms with Gasteiger partial charge in [0, 0.05) is 12.8 Å². The lowest BCUT2D eigenvalue weighted by Crippen LogP contribution is -2.44. The van der Waals surface area contributed by atoms with E-state index >= 15 is 0 Å². The van der Waals surface area contributed by atoms with E-state index in [4.69, 9.17) is 4.74 Å². The number of carboxylic acids is 1. The van der Waals surface area contributed by atoms with E-state index in [0.29, 0.717) is 0 Å². The molecule has 0 fully saturated rings. The van der Waals surface area contributed by atoms with Crippen molar-refractivity contribution in [2.24, 2.45) is 0 Å². The Morgan fingerprint density at radius 2 is 2.12 bits per heavy atom. The number of ether oxygens (including phenoxy) is 1. The molecule has 5 heteroatoms. The number of aryl methyl sites for hydroxylation is 1. The molecule has 0 aliphatic carbocycles. The summed E-state index contributed by atoms with van der Waals surface area (Å²) in [6, 6.07) is 0. The molecule has 0 aliphatic heterocycles. The zero-order valence-corrected chi connectivity index (χ0v) is 11.1. The Labute approximate surface area is 101 Å². The molecule has 1 heterocycles. The maximum Gasteiger partial charge on any atom is 0.333 e. The van der Waals surface area contributed by atoms with Crippen LogP contribution in [0.1, 0.15) is 30.8 Å². The molecule has 17 heavy (non-hydrogen) atoms. The lowest BCUT2D eigenvalue weighted by atomic mass is 10.0. The molecule has 0 spiro atoms. The van der Waals surface area contributed by atoms with Gasteiger partial charge in [0.05, 0.1) is 12.3 Å². The summed E-state index contributed by atoms with van der Waals surface area (Å²) in [7, 11) is 1.49. The van der Waals surface area contributed by atoms with Gasteiger partial charge in [-0.05, 0) is 32.8 Å². The largest absolute Gasteiger partial charge is 0.479 e. The first kappa shape index (κ1) is 13.7. The van der Waals surface area contributed by atoms with E-state index in [2.05, 4.69) is 5.10 Å². The maximum atomic E-state index is 11.4. The molecule has 1 aromatic heterocycles. The van der Waals surface area contributed by atoms with Crippen LogP contribution in [0.25, 0.3) is 0 Å². The lowest BCUT2D eigenvalue weighted by Gasteiger charge is -2.26. The third-order valence-electron chi connectivity index (χ3n) is 3.15. The van der Waals surface area contributed by atoms with Crippen LogP contribution in [-0.2, 0) is 21.5 Å². The Morgan fingerprint density at radius 3 is 2.47 bits per heavy atom. The summed E-state index contributed by atoms with van der Waals surface area (Å²) in [6.07, 6.45) is 0.848. The summed E-state index contributed by atoms with van der Waals surface area (Å²) in [5.41, 5.74) is 1.73. The number of aromatic nitrogens is 2. The van der Waals surface area contributed by atoms with Gasteiger partial charge in [0.2, 0.25) is 0 Å². The molecule has 0 amide bonds. The fourth-order valence-corrected chi connectivity index (χ4v) is 2.16. The zero-order chi connectivity index (χ0) is 13.2. The standard InChI is InChI=1S/C12H20N2O3/c1-6-10-8(2)13-14(9(10)3)12(4,7-17-5)11(15)16/h6-7H2,1-5H3,(H,15,16). The molecule has 1 unspecified atom stereocenters. The smallest absolute Gasteiger partial charge is 0.333 e.